The van der Waals surface area contributed by atoms with Crippen LogP contribution in [-0.4, -0.2) is 15.8 Å². The van der Waals surface area contributed by atoms with Crippen LogP contribution in [0.15, 0.2) is 23.2 Å². The molecule has 1 aromatic heterocycles. The third-order valence-corrected chi connectivity index (χ3v) is 5.23. The lowest BCUT2D eigenvalue weighted by Gasteiger charge is -2.16. The van der Waals surface area contributed by atoms with Crippen LogP contribution in [0.4, 0.5) is 0 Å². The highest BCUT2D eigenvalue weighted by Gasteiger charge is 2.13. The smallest absolute Gasteiger partial charge is 0.203 e. The summed E-state index contributed by atoms with van der Waals surface area (Å²) in [5.41, 5.74) is 2.77. The van der Waals surface area contributed by atoms with Crippen molar-refractivity contribution in [1.29, 1.82) is 5.26 Å². The van der Waals surface area contributed by atoms with Crippen LogP contribution in [-0.2, 0) is 7.05 Å². The second kappa shape index (κ2) is 6.45. The van der Waals surface area contributed by atoms with Gasteiger partial charge in [0, 0.05) is 12.6 Å². The van der Waals surface area contributed by atoms with Crippen molar-refractivity contribution in [2.75, 3.05) is 0 Å². The number of aryl methyl sites for hydroxylation is 2. The van der Waals surface area contributed by atoms with E-state index in [0.717, 1.165) is 26.5 Å². The zero-order chi connectivity index (χ0) is 15.5. The third-order valence-electron chi connectivity index (χ3n) is 4.17. The lowest BCUT2D eigenvalue weighted by molar-refractivity contribution is 0.434. The number of rotatable bonds is 2. The first-order valence-corrected chi connectivity index (χ1v) is 8.58. The van der Waals surface area contributed by atoms with Crippen molar-refractivity contribution >= 4 is 11.3 Å². The fourth-order valence-electron chi connectivity index (χ4n) is 2.87. The Bertz CT molecular complexity index is 773. The van der Waals surface area contributed by atoms with Gasteiger partial charge in [0.05, 0.1) is 17.7 Å². The van der Waals surface area contributed by atoms with Crippen LogP contribution in [0.25, 0.3) is 10.6 Å². The highest BCUT2D eigenvalue weighted by Crippen LogP contribution is 2.23. The van der Waals surface area contributed by atoms with Crippen LogP contribution >= 0.6 is 11.3 Å². The average Bonchev–Trinajstić information content (AvgIpc) is 2.89. The summed E-state index contributed by atoms with van der Waals surface area (Å²) in [5.74, 6) is 0. The van der Waals surface area contributed by atoms with Crippen molar-refractivity contribution in [2.45, 2.75) is 45.1 Å². The molecule has 0 spiro atoms. The summed E-state index contributed by atoms with van der Waals surface area (Å²) in [4.78, 5) is 5.88. The first-order valence-electron chi connectivity index (χ1n) is 7.76. The first kappa shape index (κ1) is 15.0. The van der Waals surface area contributed by atoms with E-state index in [-0.39, 0.29) is 0 Å². The fourth-order valence-corrected chi connectivity index (χ4v) is 3.82. The topological polar surface area (TPSA) is 54.0 Å². The minimum absolute atomic E-state index is 0.455. The molecule has 0 amide bonds. The van der Waals surface area contributed by atoms with Gasteiger partial charge in [-0.3, -0.25) is 4.99 Å². The maximum Gasteiger partial charge on any atom is 0.203 e. The van der Waals surface area contributed by atoms with Crippen molar-refractivity contribution in [3.63, 3.8) is 0 Å². The van der Waals surface area contributed by atoms with Gasteiger partial charge in [-0.15, -0.1) is 0 Å². The maximum atomic E-state index is 9.03. The van der Waals surface area contributed by atoms with E-state index in [1.807, 2.05) is 36.9 Å². The highest BCUT2D eigenvalue weighted by atomic mass is 32.1. The highest BCUT2D eigenvalue weighted by molar-refractivity contribution is 7.12. The van der Waals surface area contributed by atoms with Crippen molar-refractivity contribution in [2.24, 2.45) is 12.0 Å². The van der Waals surface area contributed by atoms with Gasteiger partial charge >= 0.3 is 0 Å². The quantitative estimate of drug-likeness (QED) is 0.851. The molecule has 0 N–H and O–H groups in total. The Labute approximate surface area is 134 Å². The molecular weight excluding hydrogens is 292 g/mol. The Hall–Kier alpha value is -1.93. The largest absolute Gasteiger partial charge is 0.254 e. The summed E-state index contributed by atoms with van der Waals surface area (Å²) >= 11 is 1.63. The number of hydrogen-bond donors (Lipinski definition) is 0. The monoisotopic (exact) mass is 312 g/mol. The van der Waals surface area contributed by atoms with Crippen LogP contribution in [0.3, 0.4) is 0 Å². The molecule has 1 aliphatic carbocycles. The molecule has 4 nitrogen and oxygen atoms in total. The number of benzene rings is 1. The van der Waals surface area contributed by atoms with Gasteiger partial charge in [-0.1, -0.05) is 36.7 Å². The molecule has 0 bridgehead atoms. The van der Waals surface area contributed by atoms with Gasteiger partial charge in [0.2, 0.25) is 4.80 Å². The minimum Gasteiger partial charge on any atom is -0.254 e. The van der Waals surface area contributed by atoms with E-state index in [9.17, 15) is 0 Å². The zero-order valence-corrected chi connectivity index (χ0v) is 13.9. The second-order valence-corrected chi connectivity index (χ2v) is 6.83. The third kappa shape index (κ3) is 3.12. The maximum absolute atomic E-state index is 9.03. The Morgan fingerprint density at radius 2 is 2.09 bits per heavy atom. The summed E-state index contributed by atoms with van der Waals surface area (Å²) in [6.07, 6.45) is 6.32. The van der Waals surface area contributed by atoms with Gasteiger partial charge in [-0.25, -0.2) is 4.68 Å². The van der Waals surface area contributed by atoms with Crippen LogP contribution in [0.1, 0.15) is 43.2 Å². The van der Waals surface area contributed by atoms with E-state index in [0.29, 0.717) is 6.04 Å². The van der Waals surface area contributed by atoms with Gasteiger partial charge in [-0.2, -0.15) is 10.4 Å². The molecule has 2 aromatic rings. The van der Waals surface area contributed by atoms with Gasteiger partial charge in [0.1, 0.15) is 5.01 Å². The van der Waals surface area contributed by atoms with E-state index in [1.54, 1.807) is 11.3 Å². The molecule has 114 valence electrons. The molecule has 0 radical (unpaired) electrons. The molecule has 0 unspecified atom stereocenters. The lowest BCUT2D eigenvalue weighted by Crippen LogP contribution is -2.18. The van der Waals surface area contributed by atoms with Crippen molar-refractivity contribution in [3.8, 4) is 16.6 Å². The Balaban J connectivity index is 1.93. The van der Waals surface area contributed by atoms with E-state index >= 15 is 0 Å². The van der Waals surface area contributed by atoms with Crippen molar-refractivity contribution in [1.82, 2.24) is 9.78 Å². The SMILES string of the molecule is Cc1cc(-c2nn(C)/c(=N\C3CCCCC3)s2)ccc1C#N. The van der Waals surface area contributed by atoms with Crippen molar-refractivity contribution < 1.29 is 0 Å². The van der Waals surface area contributed by atoms with E-state index in [2.05, 4.69) is 11.2 Å². The Morgan fingerprint density at radius 3 is 2.77 bits per heavy atom. The number of aromatic nitrogens is 2. The summed E-state index contributed by atoms with van der Waals surface area (Å²) in [7, 11) is 1.96. The van der Waals surface area contributed by atoms with E-state index < -0.39 is 0 Å². The van der Waals surface area contributed by atoms with Gasteiger partial charge in [0.25, 0.3) is 0 Å². The Kier molecular flexibility index (Phi) is 4.39. The predicted octanol–water partition coefficient (Wildman–Crippen LogP) is 3.56. The van der Waals surface area contributed by atoms with Crippen LogP contribution in [0, 0.1) is 18.3 Å². The minimum atomic E-state index is 0.455. The summed E-state index contributed by atoms with van der Waals surface area (Å²) in [5, 5.41) is 14.6. The predicted molar refractivity (Wildman–Crippen MR) is 88.4 cm³/mol. The molecule has 1 aliphatic rings. The fraction of sp³-hybridized carbons (Fsp3) is 0.471. The molecule has 1 heterocycles. The molecular formula is C17H20N4S. The molecule has 1 aromatic carbocycles. The first-order chi connectivity index (χ1) is 10.7. The number of hydrogen-bond acceptors (Lipinski definition) is 4. The molecule has 0 saturated heterocycles. The molecule has 5 heteroatoms. The molecule has 1 saturated carbocycles. The van der Waals surface area contributed by atoms with Crippen LogP contribution in [0.5, 0.6) is 0 Å². The van der Waals surface area contributed by atoms with Crippen LogP contribution in [0.2, 0.25) is 0 Å². The molecule has 0 atom stereocenters. The zero-order valence-electron chi connectivity index (χ0n) is 13.0. The molecule has 3 rings (SSSR count). The average molecular weight is 312 g/mol. The molecule has 22 heavy (non-hydrogen) atoms. The lowest BCUT2D eigenvalue weighted by atomic mass is 9.96. The van der Waals surface area contributed by atoms with Crippen LogP contribution < -0.4 is 4.80 Å². The standard InChI is InChI=1S/C17H20N4S/c1-12-10-13(8-9-14(12)11-18)16-20-21(2)17(22-16)19-15-6-4-3-5-7-15/h8-10,15H,3-7H2,1-2H3/b19-17+. The normalized spacial score (nSPS) is 16.7. The molecule has 1 fully saturated rings. The molecule has 0 aliphatic heterocycles. The summed E-state index contributed by atoms with van der Waals surface area (Å²) in [6.45, 7) is 1.96. The van der Waals surface area contributed by atoms with Gasteiger partial charge in [0.15, 0.2) is 0 Å². The summed E-state index contributed by atoms with van der Waals surface area (Å²) in [6, 6.07) is 8.52. The van der Waals surface area contributed by atoms with Gasteiger partial charge in [-0.05, 0) is 37.5 Å². The van der Waals surface area contributed by atoms with Crippen molar-refractivity contribution in [3.05, 3.63) is 34.1 Å². The van der Waals surface area contributed by atoms with E-state index in [1.165, 1.54) is 32.1 Å². The number of nitrogens with zero attached hydrogens (tertiary/aromatic N) is 4. The number of nitriles is 1. The summed E-state index contributed by atoms with van der Waals surface area (Å²) < 4.78 is 1.88. The second-order valence-electron chi connectivity index (χ2n) is 5.88. The van der Waals surface area contributed by atoms with E-state index in [4.69, 9.17) is 10.3 Å². The van der Waals surface area contributed by atoms with Gasteiger partial charge < -0.3 is 0 Å². The Morgan fingerprint density at radius 1 is 1.32 bits per heavy atom.